The van der Waals surface area contributed by atoms with Crippen molar-refractivity contribution in [3.63, 3.8) is 0 Å². The molecule has 1 fully saturated rings. The maximum absolute atomic E-state index is 12.2. The molecule has 0 radical (unpaired) electrons. The van der Waals surface area contributed by atoms with Gasteiger partial charge < -0.3 is 5.32 Å². The van der Waals surface area contributed by atoms with Gasteiger partial charge in [0.15, 0.2) is 10.8 Å². The quantitative estimate of drug-likeness (QED) is 0.761. The maximum Gasteiger partial charge on any atom is 0.279 e. The van der Waals surface area contributed by atoms with Crippen molar-refractivity contribution in [3.05, 3.63) is 36.2 Å². The van der Waals surface area contributed by atoms with Gasteiger partial charge in [-0.1, -0.05) is 28.7 Å². The maximum atomic E-state index is 12.2. The number of para-hydroxylation sites is 1. The molecule has 0 unspecified atom stereocenters. The molecule has 0 spiro atoms. The summed E-state index contributed by atoms with van der Waals surface area (Å²) in [5, 5.41) is 14.4. The molecule has 0 atom stereocenters. The lowest BCUT2D eigenvalue weighted by molar-refractivity contribution is 0.102. The summed E-state index contributed by atoms with van der Waals surface area (Å²) in [6.07, 6.45) is 1.67. The van der Waals surface area contributed by atoms with E-state index < -0.39 is 0 Å². The Labute approximate surface area is 124 Å². The fraction of sp³-hybridized carbons (Fsp3) is 0.231. The number of hydrogen-bond acceptors (Lipinski definition) is 6. The third kappa shape index (κ3) is 2.28. The molecule has 0 saturated carbocycles. The summed E-state index contributed by atoms with van der Waals surface area (Å²) in [6.45, 7) is 1.73. The van der Waals surface area contributed by atoms with Gasteiger partial charge in [0.05, 0.1) is 22.5 Å². The fourth-order valence-electron chi connectivity index (χ4n) is 2.11. The molecule has 106 valence electrons. The number of carbonyl (C=O) groups excluding carboxylic acids is 1. The molecule has 7 nitrogen and oxygen atoms in total. The van der Waals surface area contributed by atoms with Crippen molar-refractivity contribution in [1.29, 1.82) is 0 Å². The van der Waals surface area contributed by atoms with Crippen molar-refractivity contribution in [1.82, 2.24) is 25.3 Å². The van der Waals surface area contributed by atoms with Crippen molar-refractivity contribution in [2.75, 3.05) is 18.4 Å². The normalized spacial score (nSPS) is 15.0. The van der Waals surface area contributed by atoms with Crippen LogP contribution in [-0.4, -0.2) is 39.0 Å². The lowest BCUT2D eigenvalue weighted by Crippen LogP contribution is -2.43. The number of carbonyl (C=O) groups is 1. The van der Waals surface area contributed by atoms with Crippen LogP contribution in [0.3, 0.4) is 0 Å². The molecule has 21 heavy (non-hydrogen) atoms. The highest BCUT2D eigenvalue weighted by Crippen LogP contribution is 2.25. The van der Waals surface area contributed by atoms with Crippen LogP contribution >= 0.6 is 11.3 Å². The molecule has 1 amide bonds. The van der Waals surface area contributed by atoms with E-state index in [1.807, 2.05) is 24.3 Å². The van der Waals surface area contributed by atoms with Crippen LogP contribution in [-0.2, 0) is 0 Å². The zero-order valence-corrected chi connectivity index (χ0v) is 11.8. The molecule has 1 aliphatic rings. The van der Waals surface area contributed by atoms with Gasteiger partial charge in [-0.25, -0.2) is 9.67 Å². The van der Waals surface area contributed by atoms with E-state index in [0.29, 0.717) is 16.9 Å². The molecule has 0 bridgehead atoms. The zero-order valence-electron chi connectivity index (χ0n) is 11.0. The summed E-state index contributed by atoms with van der Waals surface area (Å²) in [4.78, 5) is 16.5. The van der Waals surface area contributed by atoms with Gasteiger partial charge in [-0.05, 0) is 12.1 Å². The average molecular weight is 300 g/mol. The summed E-state index contributed by atoms with van der Waals surface area (Å²) >= 11 is 1.44. The van der Waals surface area contributed by atoms with E-state index in [1.54, 1.807) is 10.9 Å². The number of fused-ring (bicyclic) bond motifs is 1. The highest BCUT2D eigenvalue weighted by Gasteiger charge is 2.22. The van der Waals surface area contributed by atoms with Gasteiger partial charge in [-0.2, -0.15) is 0 Å². The summed E-state index contributed by atoms with van der Waals surface area (Å²) in [6, 6.07) is 8.06. The van der Waals surface area contributed by atoms with E-state index in [0.717, 1.165) is 23.3 Å². The van der Waals surface area contributed by atoms with E-state index in [9.17, 15) is 4.79 Å². The third-order valence-corrected chi connectivity index (χ3v) is 4.34. The standard InChI is InChI=1S/C13H12N6OS/c20-12(10-7-19(18-17-10)8-5-14-6-8)16-13-15-9-3-1-2-4-11(9)21-13/h1-4,7-8,14H,5-6H2,(H,15,16,20). The Kier molecular flexibility index (Phi) is 2.90. The van der Waals surface area contributed by atoms with Gasteiger partial charge in [0, 0.05) is 13.1 Å². The zero-order chi connectivity index (χ0) is 14.2. The Bertz CT molecular complexity index is 773. The Hall–Kier alpha value is -2.32. The second-order valence-corrected chi connectivity index (χ2v) is 5.87. The van der Waals surface area contributed by atoms with E-state index in [4.69, 9.17) is 0 Å². The minimum absolute atomic E-state index is 0.285. The molecule has 8 heteroatoms. The average Bonchev–Trinajstić information content (AvgIpc) is 3.02. The molecular formula is C13H12N6OS. The molecular weight excluding hydrogens is 288 g/mol. The number of amides is 1. The minimum Gasteiger partial charge on any atom is -0.312 e. The lowest BCUT2D eigenvalue weighted by Gasteiger charge is -2.26. The van der Waals surface area contributed by atoms with Crippen molar-refractivity contribution in [2.24, 2.45) is 0 Å². The van der Waals surface area contributed by atoms with Crippen molar-refractivity contribution in [2.45, 2.75) is 6.04 Å². The fourth-order valence-corrected chi connectivity index (χ4v) is 2.97. The van der Waals surface area contributed by atoms with Gasteiger partial charge in [0.2, 0.25) is 0 Å². The largest absolute Gasteiger partial charge is 0.312 e. The van der Waals surface area contributed by atoms with Gasteiger partial charge in [-0.15, -0.1) is 5.10 Å². The molecule has 3 heterocycles. The number of aromatic nitrogens is 4. The van der Waals surface area contributed by atoms with Crippen LogP contribution in [0.15, 0.2) is 30.5 Å². The highest BCUT2D eigenvalue weighted by molar-refractivity contribution is 7.22. The molecule has 2 aromatic heterocycles. The number of anilines is 1. The molecule has 3 aromatic rings. The smallest absolute Gasteiger partial charge is 0.279 e. The molecule has 1 aromatic carbocycles. The molecule has 4 rings (SSSR count). The van der Waals surface area contributed by atoms with E-state index in [1.165, 1.54) is 11.3 Å². The van der Waals surface area contributed by atoms with Crippen LogP contribution in [0.1, 0.15) is 16.5 Å². The Balaban J connectivity index is 1.53. The van der Waals surface area contributed by atoms with Crippen molar-refractivity contribution < 1.29 is 4.79 Å². The van der Waals surface area contributed by atoms with Crippen LogP contribution in [0.2, 0.25) is 0 Å². The predicted molar refractivity (Wildman–Crippen MR) is 79.5 cm³/mol. The van der Waals surface area contributed by atoms with Crippen LogP contribution < -0.4 is 10.6 Å². The number of thiazole rings is 1. The number of rotatable bonds is 3. The Morgan fingerprint density at radius 2 is 2.24 bits per heavy atom. The van der Waals surface area contributed by atoms with Crippen molar-refractivity contribution in [3.8, 4) is 0 Å². The topological polar surface area (TPSA) is 84.7 Å². The van der Waals surface area contributed by atoms with Crippen LogP contribution in [0.25, 0.3) is 10.2 Å². The first-order valence-electron chi connectivity index (χ1n) is 6.59. The van der Waals surface area contributed by atoms with Crippen molar-refractivity contribution >= 4 is 32.6 Å². The summed E-state index contributed by atoms with van der Waals surface area (Å²) in [7, 11) is 0. The first kappa shape index (κ1) is 12.4. The second kappa shape index (κ2) is 4.90. The number of benzene rings is 1. The van der Waals surface area contributed by atoms with Crippen LogP contribution in [0, 0.1) is 0 Å². The monoisotopic (exact) mass is 300 g/mol. The van der Waals surface area contributed by atoms with E-state index in [-0.39, 0.29) is 5.91 Å². The van der Waals surface area contributed by atoms with Gasteiger partial charge in [-0.3, -0.25) is 10.1 Å². The molecule has 0 aliphatic carbocycles. The Morgan fingerprint density at radius 1 is 1.38 bits per heavy atom. The van der Waals surface area contributed by atoms with Gasteiger partial charge in [0.25, 0.3) is 5.91 Å². The summed E-state index contributed by atoms with van der Waals surface area (Å²) < 4.78 is 2.76. The van der Waals surface area contributed by atoms with Gasteiger partial charge in [0.1, 0.15) is 0 Å². The molecule has 1 saturated heterocycles. The van der Waals surface area contributed by atoms with Gasteiger partial charge >= 0.3 is 0 Å². The number of hydrogen-bond donors (Lipinski definition) is 2. The molecule has 2 N–H and O–H groups in total. The first-order chi connectivity index (χ1) is 10.3. The summed E-state index contributed by atoms with van der Waals surface area (Å²) in [5.41, 5.74) is 1.18. The summed E-state index contributed by atoms with van der Waals surface area (Å²) in [5.74, 6) is -0.285. The van der Waals surface area contributed by atoms with Crippen LogP contribution in [0.4, 0.5) is 5.13 Å². The Morgan fingerprint density at radius 3 is 3.00 bits per heavy atom. The second-order valence-electron chi connectivity index (χ2n) is 4.84. The number of nitrogens with zero attached hydrogens (tertiary/aromatic N) is 4. The third-order valence-electron chi connectivity index (χ3n) is 3.39. The number of nitrogens with one attached hydrogen (secondary N) is 2. The highest BCUT2D eigenvalue weighted by atomic mass is 32.1. The predicted octanol–water partition coefficient (Wildman–Crippen LogP) is 1.28. The van der Waals surface area contributed by atoms with E-state index >= 15 is 0 Å². The molecule has 1 aliphatic heterocycles. The lowest BCUT2D eigenvalue weighted by atomic mass is 10.2. The van der Waals surface area contributed by atoms with E-state index in [2.05, 4.69) is 25.9 Å². The first-order valence-corrected chi connectivity index (χ1v) is 7.41. The van der Waals surface area contributed by atoms with Crippen LogP contribution in [0.5, 0.6) is 0 Å². The SMILES string of the molecule is O=C(Nc1nc2ccccc2s1)c1cn(C2CNC2)nn1. The minimum atomic E-state index is -0.285.